The normalized spacial score (nSPS) is 11.0. The van der Waals surface area contributed by atoms with Crippen molar-refractivity contribution in [3.63, 3.8) is 0 Å². The fourth-order valence-electron chi connectivity index (χ4n) is 2.62. The van der Waals surface area contributed by atoms with Crippen molar-refractivity contribution in [3.05, 3.63) is 89.6 Å². The van der Waals surface area contributed by atoms with Crippen LogP contribution in [0.4, 0.5) is 18.9 Å². The van der Waals surface area contributed by atoms with E-state index in [-0.39, 0.29) is 24.7 Å². The standard InChI is InChI=1S/C22H20F3N3O2/c23-22(24,25)18-7-4-8-19(12-18)27-14-20(29)28-13-17-9-10-26-21(11-17)30-15-16-5-2-1-3-6-16/h1-12,27H,13-15H2,(H,28,29). The van der Waals surface area contributed by atoms with Crippen molar-refractivity contribution in [2.24, 2.45) is 0 Å². The van der Waals surface area contributed by atoms with Crippen LogP contribution in [0.25, 0.3) is 0 Å². The Balaban J connectivity index is 1.47. The van der Waals surface area contributed by atoms with Crippen LogP contribution in [0.1, 0.15) is 16.7 Å². The fourth-order valence-corrected chi connectivity index (χ4v) is 2.62. The summed E-state index contributed by atoms with van der Waals surface area (Å²) in [5.74, 6) is 0.0867. The summed E-state index contributed by atoms with van der Waals surface area (Å²) in [4.78, 5) is 16.2. The summed E-state index contributed by atoms with van der Waals surface area (Å²) < 4.78 is 43.9. The van der Waals surface area contributed by atoms with E-state index in [2.05, 4.69) is 15.6 Å². The minimum atomic E-state index is -4.43. The third-order valence-corrected chi connectivity index (χ3v) is 4.16. The fraction of sp³-hybridized carbons (Fsp3) is 0.182. The van der Waals surface area contributed by atoms with Gasteiger partial charge in [-0.05, 0) is 35.4 Å². The van der Waals surface area contributed by atoms with Gasteiger partial charge in [0.2, 0.25) is 11.8 Å². The van der Waals surface area contributed by atoms with Gasteiger partial charge in [-0.15, -0.1) is 0 Å². The molecule has 0 atom stereocenters. The molecule has 5 nitrogen and oxygen atoms in total. The minimum Gasteiger partial charge on any atom is -0.473 e. The number of pyridine rings is 1. The number of alkyl halides is 3. The lowest BCUT2D eigenvalue weighted by Crippen LogP contribution is -2.29. The Morgan fingerprint density at radius 3 is 2.53 bits per heavy atom. The average Bonchev–Trinajstić information content (AvgIpc) is 2.75. The highest BCUT2D eigenvalue weighted by Crippen LogP contribution is 2.30. The maximum Gasteiger partial charge on any atom is 0.416 e. The maximum absolute atomic E-state index is 12.7. The number of benzene rings is 2. The highest BCUT2D eigenvalue weighted by atomic mass is 19.4. The second-order valence-electron chi connectivity index (χ2n) is 6.49. The van der Waals surface area contributed by atoms with Crippen LogP contribution < -0.4 is 15.4 Å². The summed E-state index contributed by atoms with van der Waals surface area (Å²) in [6, 6.07) is 17.8. The van der Waals surface area contributed by atoms with Gasteiger partial charge in [0.05, 0.1) is 12.1 Å². The maximum atomic E-state index is 12.7. The van der Waals surface area contributed by atoms with Crippen molar-refractivity contribution in [1.82, 2.24) is 10.3 Å². The molecule has 0 aliphatic rings. The SMILES string of the molecule is O=C(CNc1cccc(C(F)(F)F)c1)NCc1ccnc(OCc2ccccc2)c1. The Labute approximate surface area is 171 Å². The van der Waals surface area contributed by atoms with Gasteiger partial charge in [0.15, 0.2) is 0 Å². The lowest BCUT2D eigenvalue weighted by atomic mass is 10.2. The molecule has 0 bridgehead atoms. The summed E-state index contributed by atoms with van der Waals surface area (Å²) in [5, 5.41) is 5.40. The molecule has 0 aliphatic heterocycles. The predicted octanol–water partition coefficient (Wildman–Crippen LogP) is 4.41. The van der Waals surface area contributed by atoms with E-state index in [1.807, 2.05) is 30.3 Å². The number of nitrogens with one attached hydrogen (secondary N) is 2. The molecule has 3 rings (SSSR count). The Morgan fingerprint density at radius 1 is 0.967 bits per heavy atom. The van der Waals surface area contributed by atoms with Gasteiger partial charge in [0.25, 0.3) is 0 Å². The van der Waals surface area contributed by atoms with Gasteiger partial charge < -0.3 is 15.4 Å². The van der Waals surface area contributed by atoms with Gasteiger partial charge in [0, 0.05) is 24.5 Å². The monoisotopic (exact) mass is 415 g/mol. The second kappa shape index (κ2) is 9.78. The molecular weight excluding hydrogens is 395 g/mol. The van der Waals surface area contributed by atoms with Crippen LogP contribution >= 0.6 is 0 Å². The van der Waals surface area contributed by atoms with Crippen molar-refractivity contribution in [2.75, 3.05) is 11.9 Å². The van der Waals surface area contributed by atoms with Crippen LogP contribution in [0.15, 0.2) is 72.9 Å². The number of rotatable bonds is 8. The van der Waals surface area contributed by atoms with Crippen LogP contribution in [0.5, 0.6) is 5.88 Å². The molecular formula is C22H20F3N3O2. The Hall–Kier alpha value is -3.55. The molecule has 2 aromatic carbocycles. The number of amides is 1. The van der Waals surface area contributed by atoms with Gasteiger partial charge in [0.1, 0.15) is 6.61 Å². The molecule has 0 saturated heterocycles. The summed E-state index contributed by atoms with van der Waals surface area (Å²) in [7, 11) is 0. The molecule has 2 N–H and O–H groups in total. The van der Waals surface area contributed by atoms with Crippen molar-refractivity contribution < 1.29 is 22.7 Å². The van der Waals surface area contributed by atoms with E-state index < -0.39 is 11.7 Å². The number of hydrogen-bond donors (Lipinski definition) is 2. The highest BCUT2D eigenvalue weighted by molar-refractivity contribution is 5.80. The topological polar surface area (TPSA) is 63.2 Å². The number of nitrogens with zero attached hydrogens (tertiary/aromatic N) is 1. The van der Waals surface area contributed by atoms with Gasteiger partial charge in [-0.25, -0.2) is 4.98 Å². The third-order valence-electron chi connectivity index (χ3n) is 4.16. The molecule has 1 amide bonds. The molecule has 0 aliphatic carbocycles. The van der Waals surface area contributed by atoms with Gasteiger partial charge >= 0.3 is 6.18 Å². The number of halogens is 3. The van der Waals surface area contributed by atoms with E-state index in [1.54, 1.807) is 18.3 Å². The quantitative estimate of drug-likeness (QED) is 0.572. The number of carbonyl (C=O) groups is 1. The summed E-state index contributed by atoms with van der Waals surface area (Å²) in [6.45, 7) is 0.474. The van der Waals surface area contributed by atoms with Gasteiger partial charge in [-0.1, -0.05) is 36.4 Å². The predicted molar refractivity (Wildman–Crippen MR) is 107 cm³/mol. The third kappa shape index (κ3) is 6.51. The summed E-state index contributed by atoms with van der Waals surface area (Å²) in [6.07, 6.45) is -2.84. The lowest BCUT2D eigenvalue weighted by molar-refractivity contribution is -0.137. The van der Waals surface area contributed by atoms with E-state index in [4.69, 9.17) is 4.74 Å². The molecule has 0 fully saturated rings. The number of ether oxygens (including phenoxy) is 1. The largest absolute Gasteiger partial charge is 0.473 e. The van der Waals surface area contributed by atoms with Crippen molar-refractivity contribution >= 4 is 11.6 Å². The molecule has 156 valence electrons. The first-order chi connectivity index (χ1) is 14.4. The van der Waals surface area contributed by atoms with E-state index in [1.165, 1.54) is 12.1 Å². The molecule has 0 saturated carbocycles. The second-order valence-corrected chi connectivity index (χ2v) is 6.49. The van der Waals surface area contributed by atoms with Crippen LogP contribution in [-0.2, 0) is 24.1 Å². The van der Waals surface area contributed by atoms with Crippen LogP contribution in [-0.4, -0.2) is 17.4 Å². The molecule has 3 aromatic rings. The zero-order chi connectivity index (χ0) is 21.4. The molecule has 30 heavy (non-hydrogen) atoms. The zero-order valence-electron chi connectivity index (χ0n) is 15.9. The summed E-state index contributed by atoms with van der Waals surface area (Å²) >= 11 is 0. The van der Waals surface area contributed by atoms with E-state index in [0.29, 0.717) is 12.5 Å². The Bertz CT molecular complexity index is 979. The van der Waals surface area contributed by atoms with Gasteiger partial charge in [-0.2, -0.15) is 13.2 Å². The highest BCUT2D eigenvalue weighted by Gasteiger charge is 2.30. The molecule has 0 radical (unpaired) electrons. The minimum absolute atomic E-state index is 0.149. The lowest BCUT2D eigenvalue weighted by Gasteiger charge is -2.11. The van der Waals surface area contributed by atoms with Crippen molar-refractivity contribution in [2.45, 2.75) is 19.3 Å². The number of hydrogen-bond acceptors (Lipinski definition) is 4. The van der Waals surface area contributed by atoms with Crippen molar-refractivity contribution in [3.8, 4) is 5.88 Å². The smallest absolute Gasteiger partial charge is 0.416 e. The molecule has 0 unspecified atom stereocenters. The Kier molecular flexibility index (Phi) is 6.90. The first-order valence-corrected chi connectivity index (χ1v) is 9.19. The molecule has 1 aromatic heterocycles. The Morgan fingerprint density at radius 2 is 1.77 bits per heavy atom. The molecule has 0 spiro atoms. The van der Waals surface area contributed by atoms with E-state index in [9.17, 15) is 18.0 Å². The molecule has 1 heterocycles. The van der Waals surface area contributed by atoms with Crippen LogP contribution in [0.2, 0.25) is 0 Å². The number of aromatic nitrogens is 1. The average molecular weight is 415 g/mol. The first kappa shape index (κ1) is 21.2. The summed E-state index contributed by atoms with van der Waals surface area (Å²) in [5.41, 5.74) is 1.26. The van der Waals surface area contributed by atoms with E-state index in [0.717, 1.165) is 23.3 Å². The molecule has 8 heteroatoms. The van der Waals surface area contributed by atoms with Gasteiger partial charge in [-0.3, -0.25) is 4.79 Å². The number of carbonyl (C=O) groups excluding carboxylic acids is 1. The van der Waals surface area contributed by atoms with Crippen molar-refractivity contribution in [1.29, 1.82) is 0 Å². The van der Waals surface area contributed by atoms with E-state index >= 15 is 0 Å². The first-order valence-electron chi connectivity index (χ1n) is 9.19. The van der Waals surface area contributed by atoms with Crippen LogP contribution in [0.3, 0.4) is 0 Å². The number of anilines is 1. The van der Waals surface area contributed by atoms with Crippen LogP contribution in [0, 0.1) is 0 Å². The zero-order valence-corrected chi connectivity index (χ0v) is 15.9.